The molecule has 0 N–H and O–H groups in total. The van der Waals surface area contributed by atoms with Gasteiger partial charge >= 0.3 is 5.97 Å². The Morgan fingerprint density at radius 2 is 2.06 bits per heavy atom. The van der Waals surface area contributed by atoms with Gasteiger partial charge in [-0.3, -0.25) is 4.79 Å². The topological polar surface area (TPSA) is 44.8 Å². The Bertz CT molecular complexity index is 301. The first-order valence-corrected chi connectivity index (χ1v) is 6.57. The monoisotopic (exact) mass is 256 g/mol. The van der Waals surface area contributed by atoms with Crippen molar-refractivity contribution in [3.8, 4) is 0 Å². The van der Waals surface area contributed by atoms with Crippen molar-refractivity contribution in [2.75, 3.05) is 0 Å². The number of carbonyl (C=O) groups excluding carboxylic acids is 1. The lowest BCUT2D eigenvalue weighted by atomic mass is 10.1. The smallest absolute Gasteiger partial charge is 0.306 e. The second-order valence-corrected chi connectivity index (χ2v) is 5.60. The molecule has 0 bridgehead atoms. The van der Waals surface area contributed by atoms with Crippen LogP contribution in [0.5, 0.6) is 0 Å². The highest BCUT2D eigenvalue weighted by atomic mass is 16.7. The molecule has 1 unspecified atom stereocenters. The van der Waals surface area contributed by atoms with E-state index in [0.717, 1.165) is 31.4 Å². The van der Waals surface area contributed by atoms with Crippen molar-refractivity contribution in [1.29, 1.82) is 0 Å². The summed E-state index contributed by atoms with van der Waals surface area (Å²) in [6, 6.07) is 0. The van der Waals surface area contributed by atoms with E-state index in [0.29, 0.717) is 6.42 Å². The zero-order valence-electron chi connectivity index (χ0n) is 11.8. The highest BCUT2D eigenvalue weighted by Gasteiger charge is 2.17. The first-order valence-electron chi connectivity index (χ1n) is 6.57. The molecule has 0 fully saturated rings. The molecule has 1 heterocycles. The van der Waals surface area contributed by atoms with Crippen molar-refractivity contribution < 1.29 is 19.0 Å². The van der Waals surface area contributed by atoms with Crippen molar-refractivity contribution in [2.45, 2.75) is 71.7 Å². The van der Waals surface area contributed by atoms with Crippen LogP contribution in [-0.4, -0.2) is 17.9 Å². The van der Waals surface area contributed by atoms with Gasteiger partial charge in [0.2, 0.25) is 6.29 Å². The number of hydrogen-bond acceptors (Lipinski definition) is 4. The van der Waals surface area contributed by atoms with Gasteiger partial charge in [0.1, 0.15) is 17.6 Å². The largest absolute Gasteiger partial charge is 0.460 e. The molecule has 0 saturated heterocycles. The fourth-order valence-electron chi connectivity index (χ4n) is 1.71. The molecule has 18 heavy (non-hydrogen) atoms. The number of ether oxygens (including phenoxy) is 3. The van der Waals surface area contributed by atoms with Gasteiger partial charge in [-0.15, -0.1) is 0 Å². The van der Waals surface area contributed by atoms with Crippen LogP contribution in [0.4, 0.5) is 0 Å². The fourth-order valence-corrected chi connectivity index (χ4v) is 1.71. The maximum Gasteiger partial charge on any atom is 0.306 e. The molecule has 4 heteroatoms. The van der Waals surface area contributed by atoms with Gasteiger partial charge in [0.25, 0.3) is 0 Å². The number of carbonyl (C=O) groups is 1. The van der Waals surface area contributed by atoms with Crippen LogP contribution in [-0.2, 0) is 19.0 Å². The van der Waals surface area contributed by atoms with Gasteiger partial charge in [-0.2, -0.15) is 0 Å². The van der Waals surface area contributed by atoms with Gasteiger partial charge in [0.15, 0.2) is 0 Å². The van der Waals surface area contributed by atoms with Crippen LogP contribution in [0.15, 0.2) is 12.0 Å². The standard InChI is InChI=1S/C14H24O4/c1-11-10-16-13(17-11)9-7-5-6-8-12(15)18-14(2,3)4/h10,13H,5-9H2,1-4H3. The summed E-state index contributed by atoms with van der Waals surface area (Å²) in [5, 5.41) is 0. The molecule has 0 aromatic carbocycles. The molecular weight excluding hydrogens is 232 g/mol. The second-order valence-electron chi connectivity index (χ2n) is 5.60. The van der Waals surface area contributed by atoms with Crippen LogP contribution < -0.4 is 0 Å². The van der Waals surface area contributed by atoms with Gasteiger partial charge in [0, 0.05) is 12.8 Å². The highest BCUT2D eigenvalue weighted by Crippen LogP contribution is 2.19. The lowest BCUT2D eigenvalue weighted by molar-refractivity contribution is -0.154. The molecule has 0 radical (unpaired) electrons. The molecule has 0 saturated carbocycles. The Balaban J connectivity index is 1.97. The normalized spacial score (nSPS) is 18.9. The van der Waals surface area contributed by atoms with E-state index >= 15 is 0 Å². The third-order valence-electron chi connectivity index (χ3n) is 2.44. The van der Waals surface area contributed by atoms with Crippen molar-refractivity contribution >= 4 is 5.97 Å². The maximum atomic E-state index is 11.4. The molecule has 0 aromatic rings. The SMILES string of the molecule is CC1=COC(CCCCCC(=O)OC(C)(C)C)O1. The Morgan fingerprint density at radius 3 is 2.61 bits per heavy atom. The van der Waals surface area contributed by atoms with Crippen LogP contribution in [0.2, 0.25) is 0 Å². The summed E-state index contributed by atoms with van der Waals surface area (Å²) in [6.07, 6.45) is 5.70. The van der Waals surface area contributed by atoms with Crippen LogP contribution >= 0.6 is 0 Å². The number of unbranched alkanes of at least 4 members (excludes halogenated alkanes) is 2. The first kappa shape index (κ1) is 14.9. The average molecular weight is 256 g/mol. The predicted molar refractivity (Wildman–Crippen MR) is 68.6 cm³/mol. The zero-order chi connectivity index (χ0) is 13.6. The van der Waals surface area contributed by atoms with Crippen LogP contribution in [0.1, 0.15) is 59.8 Å². The number of esters is 1. The number of allylic oxidation sites excluding steroid dienone is 1. The molecular formula is C14H24O4. The summed E-state index contributed by atoms with van der Waals surface area (Å²) in [4.78, 5) is 11.4. The molecule has 0 spiro atoms. The Kier molecular flexibility index (Phi) is 5.51. The van der Waals surface area contributed by atoms with Crippen LogP contribution in [0, 0.1) is 0 Å². The second kappa shape index (κ2) is 6.66. The van der Waals surface area contributed by atoms with E-state index in [-0.39, 0.29) is 17.9 Å². The maximum absolute atomic E-state index is 11.4. The van der Waals surface area contributed by atoms with Gasteiger partial charge < -0.3 is 14.2 Å². The molecule has 104 valence electrons. The van der Waals surface area contributed by atoms with Gasteiger partial charge in [0.05, 0.1) is 0 Å². The van der Waals surface area contributed by atoms with E-state index in [2.05, 4.69) is 0 Å². The summed E-state index contributed by atoms with van der Waals surface area (Å²) >= 11 is 0. The van der Waals surface area contributed by atoms with E-state index < -0.39 is 0 Å². The van der Waals surface area contributed by atoms with E-state index in [4.69, 9.17) is 14.2 Å². The van der Waals surface area contributed by atoms with Crippen molar-refractivity contribution in [3.63, 3.8) is 0 Å². The molecule has 1 rings (SSSR count). The quantitative estimate of drug-likeness (QED) is 0.539. The molecule has 1 aliphatic heterocycles. The van der Waals surface area contributed by atoms with Crippen molar-refractivity contribution in [3.05, 3.63) is 12.0 Å². The van der Waals surface area contributed by atoms with E-state index in [1.165, 1.54) is 0 Å². The Morgan fingerprint density at radius 1 is 1.33 bits per heavy atom. The fraction of sp³-hybridized carbons (Fsp3) is 0.786. The molecule has 4 nitrogen and oxygen atoms in total. The minimum atomic E-state index is -0.383. The summed E-state index contributed by atoms with van der Waals surface area (Å²) in [7, 11) is 0. The van der Waals surface area contributed by atoms with E-state index in [9.17, 15) is 4.79 Å². The number of hydrogen-bond donors (Lipinski definition) is 0. The molecule has 0 aromatic heterocycles. The summed E-state index contributed by atoms with van der Waals surface area (Å²) in [6.45, 7) is 7.53. The summed E-state index contributed by atoms with van der Waals surface area (Å²) in [5.74, 6) is 0.710. The molecule has 0 amide bonds. The summed E-state index contributed by atoms with van der Waals surface area (Å²) in [5.41, 5.74) is -0.383. The minimum absolute atomic E-state index is 0.117. The lowest BCUT2D eigenvalue weighted by Gasteiger charge is -2.19. The van der Waals surface area contributed by atoms with Crippen molar-refractivity contribution in [1.82, 2.24) is 0 Å². The third kappa shape index (κ3) is 6.52. The first-order chi connectivity index (χ1) is 8.37. The number of rotatable bonds is 6. The molecule has 1 atom stereocenters. The highest BCUT2D eigenvalue weighted by molar-refractivity contribution is 5.69. The van der Waals surface area contributed by atoms with Gasteiger partial charge in [-0.25, -0.2) is 0 Å². The van der Waals surface area contributed by atoms with Gasteiger partial charge in [-0.1, -0.05) is 6.42 Å². The van der Waals surface area contributed by atoms with Gasteiger partial charge in [-0.05, 0) is 40.5 Å². The van der Waals surface area contributed by atoms with E-state index in [1.54, 1.807) is 6.26 Å². The Labute approximate surface area is 109 Å². The minimum Gasteiger partial charge on any atom is -0.460 e. The Hall–Kier alpha value is -1.19. The molecule has 1 aliphatic rings. The van der Waals surface area contributed by atoms with Crippen LogP contribution in [0.3, 0.4) is 0 Å². The van der Waals surface area contributed by atoms with Crippen LogP contribution in [0.25, 0.3) is 0 Å². The predicted octanol–water partition coefficient (Wildman–Crippen LogP) is 3.51. The van der Waals surface area contributed by atoms with Crippen molar-refractivity contribution in [2.24, 2.45) is 0 Å². The zero-order valence-corrected chi connectivity index (χ0v) is 11.8. The lowest BCUT2D eigenvalue weighted by Crippen LogP contribution is -2.23. The average Bonchev–Trinajstić information content (AvgIpc) is 2.61. The molecule has 0 aliphatic carbocycles. The third-order valence-corrected chi connectivity index (χ3v) is 2.44. The summed E-state index contributed by atoms with van der Waals surface area (Å²) < 4.78 is 15.9. The van der Waals surface area contributed by atoms with E-state index in [1.807, 2.05) is 27.7 Å².